The minimum Gasteiger partial charge on any atom is -0.339 e. The number of rotatable bonds is 3. The molecule has 0 unspecified atom stereocenters. The molecule has 1 fully saturated rings. The molecule has 1 amide bonds. The number of hydrogen-bond donors (Lipinski definition) is 0. The van der Waals surface area contributed by atoms with Crippen molar-refractivity contribution in [3.05, 3.63) is 35.4 Å². The van der Waals surface area contributed by atoms with Gasteiger partial charge < -0.3 is 4.90 Å². The van der Waals surface area contributed by atoms with Crippen LogP contribution in [-0.4, -0.2) is 23.9 Å². The Bertz CT molecular complexity index is 499. The van der Waals surface area contributed by atoms with Crippen LogP contribution in [0.4, 0.5) is 0 Å². The molecule has 0 aliphatic carbocycles. The van der Waals surface area contributed by atoms with Crippen LogP contribution in [0.2, 0.25) is 0 Å². The highest BCUT2D eigenvalue weighted by Crippen LogP contribution is 2.38. The third kappa shape index (κ3) is 2.85. The Balaban J connectivity index is 2.03. The summed E-state index contributed by atoms with van der Waals surface area (Å²) in [6, 6.07) is 8.99. The zero-order valence-electron chi connectivity index (χ0n) is 12.4. The van der Waals surface area contributed by atoms with E-state index in [0.717, 1.165) is 25.9 Å². The zero-order chi connectivity index (χ0) is 14.6. The van der Waals surface area contributed by atoms with E-state index in [0.29, 0.717) is 16.5 Å². The van der Waals surface area contributed by atoms with Gasteiger partial charge in [-0.05, 0) is 42.5 Å². The second-order valence-corrected chi connectivity index (χ2v) is 5.69. The molecular formula is C17H22N2O. The molecule has 0 N–H and O–H groups in total. The summed E-state index contributed by atoms with van der Waals surface area (Å²) in [5.74, 6) is 0.0929. The molecule has 0 bridgehead atoms. The lowest BCUT2D eigenvalue weighted by Gasteiger charge is -2.41. The summed E-state index contributed by atoms with van der Waals surface area (Å²) in [6.45, 7) is 6.20. The quantitative estimate of drug-likeness (QED) is 0.842. The van der Waals surface area contributed by atoms with Gasteiger partial charge in [-0.15, -0.1) is 0 Å². The SMILES string of the molecule is CCC1(CC)CCN(C(=O)c2ccc(C#N)cc2)CC1. The maximum atomic E-state index is 12.4. The molecule has 20 heavy (non-hydrogen) atoms. The van der Waals surface area contributed by atoms with Crippen LogP contribution in [-0.2, 0) is 0 Å². The molecule has 0 atom stereocenters. The molecule has 0 saturated carbocycles. The van der Waals surface area contributed by atoms with Crippen LogP contribution >= 0.6 is 0 Å². The van der Waals surface area contributed by atoms with E-state index >= 15 is 0 Å². The fourth-order valence-corrected chi connectivity index (χ4v) is 3.01. The van der Waals surface area contributed by atoms with Gasteiger partial charge in [0.15, 0.2) is 0 Å². The maximum Gasteiger partial charge on any atom is 0.253 e. The zero-order valence-corrected chi connectivity index (χ0v) is 12.4. The third-order valence-electron chi connectivity index (χ3n) is 4.87. The molecule has 1 aromatic carbocycles. The molecule has 1 aliphatic heterocycles. The van der Waals surface area contributed by atoms with Gasteiger partial charge in [0.05, 0.1) is 11.6 Å². The lowest BCUT2D eigenvalue weighted by molar-refractivity contribution is 0.0558. The Morgan fingerprint density at radius 2 is 1.75 bits per heavy atom. The molecule has 106 valence electrons. The number of nitriles is 1. The number of carbonyl (C=O) groups is 1. The summed E-state index contributed by atoms with van der Waals surface area (Å²) in [7, 11) is 0. The van der Waals surface area contributed by atoms with Gasteiger partial charge in [0.25, 0.3) is 5.91 Å². The number of amides is 1. The lowest BCUT2D eigenvalue weighted by Crippen LogP contribution is -2.42. The van der Waals surface area contributed by atoms with E-state index in [-0.39, 0.29) is 5.91 Å². The highest BCUT2D eigenvalue weighted by Gasteiger charge is 2.32. The predicted octanol–water partition coefficient (Wildman–Crippen LogP) is 3.60. The fourth-order valence-electron chi connectivity index (χ4n) is 3.01. The van der Waals surface area contributed by atoms with Crippen molar-refractivity contribution < 1.29 is 4.79 Å². The first-order valence-corrected chi connectivity index (χ1v) is 7.43. The van der Waals surface area contributed by atoms with Crippen molar-refractivity contribution in [1.29, 1.82) is 5.26 Å². The molecule has 0 aromatic heterocycles. The Hall–Kier alpha value is -1.82. The van der Waals surface area contributed by atoms with E-state index in [1.807, 2.05) is 4.90 Å². The van der Waals surface area contributed by atoms with Crippen molar-refractivity contribution in [2.75, 3.05) is 13.1 Å². The number of carbonyl (C=O) groups excluding carboxylic acids is 1. The van der Waals surface area contributed by atoms with Crippen molar-refractivity contribution >= 4 is 5.91 Å². The Morgan fingerprint density at radius 3 is 2.20 bits per heavy atom. The molecule has 2 rings (SSSR count). The van der Waals surface area contributed by atoms with E-state index < -0.39 is 0 Å². The van der Waals surface area contributed by atoms with Crippen molar-refractivity contribution in [1.82, 2.24) is 4.90 Å². The number of piperidine rings is 1. The molecular weight excluding hydrogens is 248 g/mol. The average molecular weight is 270 g/mol. The summed E-state index contributed by atoms with van der Waals surface area (Å²) < 4.78 is 0. The summed E-state index contributed by atoms with van der Waals surface area (Å²) in [6.07, 6.45) is 4.59. The van der Waals surface area contributed by atoms with Gasteiger partial charge in [0, 0.05) is 18.7 Å². The molecule has 0 radical (unpaired) electrons. The maximum absolute atomic E-state index is 12.4. The number of nitrogens with zero attached hydrogens (tertiary/aromatic N) is 2. The number of benzene rings is 1. The lowest BCUT2D eigenvalue weighted by atomic mass is 9.74. The van der Waals surface area contributed by atoms with Gasteiger partial charge in [-0.2, -0.15) is 5.26 Å². The Kier molecular flexibility index (Phi) is 4.44. The van der Waals surface area contributed by atoms with Gasteiger partial charge >= 0.3 is 0 Å². The second kappa shape index (κ2) is 6.09. The van der Waals surface area contributed by atoms with Crippen LogP contribution in [0.5, 0.6) is 0 Å². The van der Waals surface area contributed by atoms with E-state index in [1.54, 1.807) is 24.3 Å². The molecule has 1 aromatic rings. The Morgan fingerprint density at radius 1 is 1.20 bits per heavy atom. The van der Waals surface area contributed by atoms with Gasteiger partial charge in [0.1, 0.15) is 0 Å². The third-order valence-corrected chi connectivity index (χ3v) is 4.87. The summed E-state index contributed by atoms with van der Waals surface area (Å²) in [5.41, 5.74) is 1.71. The topological polar surface area (TPSA) is 44.1 Å². The predicted molar refractivity (Wildman–Crippen MR) is 79.3 cm³/mol. The van der Waals surface area contributed by atoms with Crippen LogP contribution in [0.1, 0.15) is 55.5 Å². The average Bonchev–Trinajstić information content (AvgIpc) is 2.54. The van der Waals surface area contributed by atoms with Crippen LogP contribution in [0.25, 0.3) is 0 Å². The highest BCUT2D eigenvalue weighted by atomic mass is 16.2. The monoisotopic (exact) mass is 270 g/mol. The highest BCUT2D eigenvalue weighted by molar-refractivity contribution is 5.94. The molecule has 1 saturated heterocycles. The van der Waals surface area contributed by atoms with E-state index in [4.69, 9.17) is 5.26 Å². The smallest absolute Gasteiger partial charge is 0.253 e. The van der Waals surface area contributed by atoms with Crippen LogP contribution in [0.15, 0.2) is 24.3 Å². The minimum atomic E-state index is 0.0929. The van der Waals surface area contributed by atoms with Crippen LogP contribution < -0.4 is 0 Å². The van der Waals surface area contributed by atoms with Gasteiger partial charge in [0.2, 0.25) is 0 Å². The van der Waals surface area contributed by atoms with Gasteiger partial charge in [-0.3, -0.25) is 4.79 Å². The molecule has 0 spiro atoms. The summed E-state index contributed by atoms with van der Waals surface area (Å²) in [5, 5.41) is 8.78. The van der Waals surface area contributed by atoms with E-state index in [2.05, 4.69) is 19.9 Å². The largest absolute Gasteiger partial charge is 0.339 e. The van der Waals surface area contributed by atoms with E-state index in [1.165, 1.54) is 12.8 Å². The first kappa shape index (κ1) is 14.6. The molecule has 1 heterocycles. The molecule has 1 aliphatic rings. The van der Waals surface area contributed by atoms with Crippen molar-refractivity contribution in [2.45, 2.75) is 39.5 Å². The van der Waals surface area contributed by atoms with Crippen LogP contribution in [0, 0.1) is 16.7 Å². The first-order chi connectivity index (χ1) is 9.64. The van der Waals surface area contributed by atoms with Crippen molar-refractivity contribution in [3.63, 3.8) is 0 Å². The minimum absolute atomic E-state index is 0.0929. The normalized spacial score (nSPS) is 17.6. The molecule has 3 nitrogen and oxygen atoms in total. The summed E-state index contributed by atoms with van der Waals surface area (Å²) in [4.78, 5) is 14.4. The second-order valence-electron chi connectivity index (χ2n) is 5.69. The number of likely N-dealkylation sites (tertiary alicyclic amines) is 1. The van der Waals surface area contributed by atoms with Gasteiger partial charge in [-0.1, -0.05) is 26.7 Å². The van der Waals surface area contributed by atoms with E-state index in [9.17, 15) is 4.79 Å². The first-order valence-electron chi connectivity index (χ1n) is 7.43. The van der Waals surface area contributed by atoms with Gasteiger partial charge in [-0.25, -0.2) is 0 Å². The van der Waals surface area contributed by atoms with Crippen molar-refractivity contribution in [2.24, 2.45) is 5.41 Å². The Labute approximate surface area is 121 Å². The van der Waals surface area contributed by atoms with Crippen molar-refractivity contribution in [3.8, 4) is 6.07 Å². The number of hydrogen-bond acceptors (Lipinski definition) is 2. The standard InChI is InChI=1S/C17H22N2O/c1-3-17(4-2)9-11-19(12-10-17)16(20)15-7-5-14(13-18)6-8-15/h5-8H,3-4,9-12H2,1-2H3. The summed E-state index contributed by atoms with van der Waals surface area (Å²) >= 11 is 0. The molecule has 3 heteroatoms. The fraction of sp³-hybridized carbons (Fsp3) is 0.529. The van der Waals surface area contributed by atoms with Crippen LogP contribution in [0.3, 0.4) is 0 Å².